The second kappa shape index (κ2) is 8.45. The quantitative estimate of drug-likeness (QED) is 0.513. The predicted molar refractivity (Wildman–Crippen MR) is 83.8 cm³/mol. The van der Waals surface area contributed by atoms with Crippen molar-refractivity contribution >= 4 is 5.97 Å². The van der Waals surface area contributed by atoms with Gasteiger partial charge in [-0.2, -0.15) is 0 Å². The number of hydrogen-bond acceptors (Lipinski definition) is 4. The zero-order chi connectivity index (χ0) is 15.6. The summed E-state index contributed by atoms with van der Waals surface area (Å²) in [5.74, 6) is 5.31. The van der Waals surface area contributed by atoms with E-state index in [1.54, 1.807) is 12.5 Å². The Balaban J connectivity index is 1.83. The van der Waals surface area contributed by atoms with Gasteiger partial charge >= 0.3 is 5.97 Å². The van der Waals surface area contributed by atoms with Crippen LogP contribution in [0.4, 0.5) is 0 Å². The Bertz CT molecular complexity index is 677. The Morgan fingerprint density at radius 3 is 2.86 bits per heavy atom. The summed E-state index contributed by atoms with van der Waals surface area (Å²) in [7, 11) is 0. The standard InChI is InChI=1S/C17H17N3O2/c18-9-1-4-17(21)22-12-2-3-15-5-7-16(8-6-15)13-20-11-10-19-14-20/h1,4-8,10-11,14H,9,12-13,18H2/b4-1+. The topological polar surface area (TPSA) is 70.1 Å². The first kappa shape index (κ1) is 15.5. The van der Waals surface area contributed by atoms with E-state index in [0.29, 0.717) is 6.54 Å². The zero-order valence-corrected chi connectivity index (χ0v) is 12.1. The molecule has 22 heavy (non-hydrogen) atoms. The fraction of sp³-hybridized carbons (Fsp3) is 0.176. The minimum absolute atomic E-state index is 0.0601. The molecule has 0 saturated carbocycles. The highest BCUT2D eigenvalue weighted by Crippen LogP contribution is 2.05. The third kappa shape index (κ3) is 5.27. The number of rotatable bonds is 5. The van der Waals surface area contributed by atoms with Crippen LogP contribution in [0.15, 0.2) is 55.1 Å². The third-order valence-corrected chi connectivity index (χ3v) is 2.79. The number of nitrogens with zero attached hydrogens (tertiary/aromatic N) is 2. The van der Waals surface area contributed by atoms with E-state index in [-0.39, 0.29) is 6.61 Å². The SMILES string of the molecule is NC/C=C/C(=O)OCC#Cc1ccc(Cn2ccnc2)cc1. The van der Waals surface area contributed by atoms with Crippen molar-refractivity contribution in [3.63, 3.8) is 0 Å². The Morgan fingerprint density at radius 1 is 1.36 bits per heavy atom. The van der Waals surface area contributed by atoms with Gasteiger partial charge in [0, 0.05) is 37.1 Å². The summed E-state index contributed by atoms with van der Waals surface area (Å²) in [5, 5.41) is 0. The molecule has 0 aliphatic rings. The summed E-state index contributed by atoms with van der Waals surface area (Å²) >= 11 is 0. The molecule has 0 saturated heterocycles. The van der Waals surface area contributed by atoms with Gasteiger partial charge in [-0.3, -0.25) is 0 Å². The number of benzene rings is 1. The lowest BCUT2D eigenvalue weighted by atomic mass is 10.1. The summed E-state index contributed by atoms with van der Waals surface area (Å²) in [6, 6.07) is 7.91. The first-order chi connectivity index (χ1) is 10.8. The van der Waals surface area contributed by atoms with Gasteiger partial charge in [-0.05, 0) is 17.7 Å². The number of esters is 1. The first-order valence-electron chi connectivity index (χ1n) is 6.85. The monoisotopic (exact) mass is 295 g/mol. The van der Waals surface area contributed by atoms with Crippen LogP contribution in [0.5, 0.6) is 0 Å². The van der Waals surface area contributed by atoms with Gasteiger partial charge in [0.25, 0.3) is 0 Å². The molecule has 112 valence electrons. The van der Waals surface area contributed by atoms with Crippen LogP contribution >= 0.6 is 0 Å². The van der Waals surface area contributed by atoms with E-state index in [2.05, 4.69) is 16.8 Å². The highest BCUT2D eigenvalue weighted by atomic mass is 16.5. The summed E-state index contributed by atoms with van der Waals surface area (Å²) in [6.07, 6.45) is 8.29. The molecule has 1 aromatic carbocycles. The van der Waals surface area contributed by atoms with E-state index >= 15 is 0 Å². The fourth-order valence-corrected chi connectivity index (χ4v) is 1.74. The van der Waals surface area contributed by atoms with Crippen molar-refractivity contribution in [2.75, 3.05) is 13.2 Å². The number of imidazole rings is 1. The van der Waals surface area contributed by atoms with Crippen LogP contribution in [0.3, 0.4) is 0 Å². The van der Waals surface area contributed by atoms with Crippen LogP contribution in [0, 0.1) is 11.8 Å². The summed E-state index contributed by atoms with van der Waals surface area (Å²) in [5.41, 5.74) is 7.28. The van der Waals surface area contributed by atoms with E-state index in [1.807, 2.05) is 35.0 Å². The molecule has 0 atom stereocenters. The van der Waals surface area contributed by atoms with Gasteiger partial charge in [0.1, 0.15) is 0 Å². The molecule has 1 heterocycles. The molecule has 1 aromatic heterocycles. The van der Waals surface area contributed by atoms with Gasteiger partial charge in [-0.25, -0.2) is 9.78 Å². The summed E-state index contributed by atoms with van der Waals surface area (Å²) in [4.78, 5) is 15.2. The highest BCUT2D eigenvalue weighted by Gasteiger charge is 1.95. The van der Waals surface area contributed by atoms with E-state index in [9.17, 15) is 4.79 Å². The molecule has 0 fully saturated rings. The van der Waals surface area contributed by atoms with Crippen molar-refractivity contribution in [3.05, 3.63) is 66.3 Å². The van der Waals surface area contributed by atoms with Crippen LogP contribution in [0.25, 0.3) is 0 Å². The average molecular weight is 295 g/mol. The van der Waals surface area contributed by atoms with Crippen LogP contribution in [0.1, 0.15) is 11.1 Å². The van der Waals surface area contributed by atoms with Crippen LogP contribution < -0.4 is 5.73 Å². The highest BCUT2D eigenvalue weighted by molar-refractivity contribution is 5.82. The van der Waals surface area contributed by atoms with Gasteiger partial charge in [0.2, 0.25) is 0 Å². The van der Waals surface area contributed by atoms with Crippen molar-refractivity contribution < 1.29 is 9.53 Å². The van der Waals surface area contributed by atoms with Gasteiger partial charge in [-0.1, -0.05) is 30.0 Å². The predicted octanol–water partition coefficient (Wildman–Crippen LogP) is 1.34. The van der Waals surface area contributed by atoms with Crippen molar-refractivity contribution in [2.24, 2.45) is 5.73 Å². The van der Waals surface area contributed by atoms with Crippen LogP contribution in [0.2, 0.25) is 0 Å². The molecule has 0 spiro atoms. The molecular weight excluding hydrogens is 278 g/mol. The Kier molecular flexibility index (Phi) is 5.97. The number of carbonyl (C=O) groups is 1. The maximum absolute atomic E-state index is 11.2. The Labute approximate surface area is 129 Å². The van der Waals surface area contributed by atoms with E-state index in [4.69, 9.17) is 10.5 Å². The van der Waals surface area contributed by atoms with Crippen molar-refractivity contribution in [1.82, 2.24) is 9.55 Å². The molecule has 0 amide bonds. The first-order valence-corrected chi connectivity index (χ1v) is 6.85. The minimum Gasteiger partial charge on any atom is -0.449 e. The lowest BCUT2D eigenvalue weighted by Gasteiger charge is -2.02. The molecule has 2 N–H and O–H groups in total. The second-order valence-corrected chi connectivity index (χ2v) is 4.48. The maximum Gasteiger partial charge on any atom is 0.331 e. The molecule has 2 rings (SSSR count). The van der Waals surface area contributed by atoms with Gasteiger partial charge in [-0.15, -0.1) is 0 Å². The van der Waals surface area contributed by atoms with Crippen LogP contribution in [-0.2, 0) is 16.1 Å². The summed E-state index contributed by atoms with van der Waals surface area (Å²) < 4.78 is 6.89. The van der Waals surface area contributed by atoms with Crippen molar-refractivity contribution in [3.8, 4) is 11.8 Å². The smallest absolute Gasteiger partial charge is 0.331 e. The number of ether oxygens (including phenoxy) is 1. The number of hydrogen-bond donors (Lipinski definition) is 1. The number of aromatic nitrogens is 2. The molecule has 0 aliphatic heterocycles. The molecule has 5 heteroatoms. The van der Waals surface area contributed by atoms with E-state index in [1.165, 1.54) is 17.7 Å². The lowest BCUT2D eigenvalue weighted by molar-refractivity contribution is -0.136. The molecule has 0 unspecified atom stereocenters. The fourth-order valence-electron chi connectivity index (χ4n) is 1.74. The normalized spacial score (nSPS) is 10.2. The van der Waals surface area contributed by atoms with Gasteiger partial charge in [0.05, 0.1) is 6.33 Å². The number of carbonyl (C=O) groups excluding carboxylic acids is 1. The van der Waals surface area contributed by atoms with E-state index in [0.717, 1.165) is 12.1 Å². The summed E-state index contributed by atoms with van der Waals surface area (Å²) in [6.45, 7) is 1.15. The Hall–Kier alpha value is -2.84. The zero-order valence-electron chi connectivity index (χ0n) is 12.1. The lowest BCUT2D eigenvalue weighted by Crippen LogP contribution is -2.02. The van der Waals surface area contributed by atoms with E-state index < -0.39 is 5.97 Å². The third-order valence-electron chi connectivity index (χ3n) is 2.79. The molecule has 0 radical (unpaired) electrons. The second-order valence-electron chi connectivity index (χ2n) is 4.48. The molecule has 5 nitrogen and oxygen atoms in total. The maximum atomic E-state index is 11.2. The largest absolute Gasteiger partial charge is 0.449 e. The van der Waals surface area contributed by atoms with Gasteiger partial charge < -0.3 is 15.0 Å². The van der Waals surface area contributed by atoms with Crippen molar-refractivity contribution in [2.45, 2.75) is 6.54 Å². The van der Waals surface area contributed by atoms with Gasteiger partial charge in [0.15, 0.2) is 6.61 Å². The molecular formula is C17H17N3O2. The molecule has 2 aromatic rings. The molecule has 0 bridgehead atoms. The average Bonchev–Trinajstić information content (AvgIpc) is 3.04. The number of nitrogens with two attached hydrogens (primary N) is 1. The van der Waals surface area contributed by atoms with Crippen molar-refractivity contribution in [1.29, 1.82) is 0 Å². The van der Waals surface area contributed by atoms with Crippen LogP contribution in [-0.4, -0.2) is 28.7 Å². The molecule has 0 aliphatic carbocycles. The minimum atomic E-state index is -0.435. The Morgan fingerprint density at radius 2 is 2.18 bits per heavy atom.